The molecule has 7 heteroatoms. The molecule has 2 aromatic heterocycles. The van der Waals surface area contributed by atoms with E-state index in [4.69, 9.17) is 0 Å². The van der Waals surface area contributed by atoms with E-state index >= 15 is 0 Å². The van der Waals surface area contributed by atoms with Crippen molar-refractivity contribution in [3.05, 3.63) is 57.8 Å². The highest BCUT2D eigenvalue weighted by Gasteiger charge is 2.30. The molecule has 1 unspecified atom stereocenters. The van der Waals surface area contributed by atoms with Crippen molar-refractivity contribution < 1.29 is 4.79 Å². The van der Waals surface area contributed by atoms with E-state index in [2.05, 4.69) is 31.2 Å². The maximum Gasteiger partial charge on any atom is 0.269 e. The molecule has 7 nitrogen and oxygen atoms in total. The Kier molecular flexibility index (Phi) is 9.06. The average Bonchev–Trinajstić information content (AvgIpc) is 2.89. The first kappa shape index (κ1) is 25.0. The second-order valence-electron chi connectivity index (χ2n) is 8.65. The largest absolute Gasteiger partial charge is 0.370 e. The number of likely N-dealkylation sites (tertiary alicyclic amines) is 1. The van der Waals surface area contributed by atoms with Gasteiger partial charge in [0.15, 0.2) is 0 Å². The molecule has 2 saturated heterocycles. The normalized spacial score (nSPS) is 19.5. The van der Waals surface area contributed by atoms with E-state index in [1.165, 1.54) is 6.42 Å². The van der Waals surface area contributed by atoms with Gasteiger partial charge < -0.3 is 15.2 Å². The average molecular weight is 454 g/mol. The van der Waals surface area contributed by atoms with Gasteiger partial charge in [-0.05, 0) is 56.8 Å². The lowest BCUT2D eigenvalue weighted by Crippen LogP contribution is -2.48. The number of aromatic amines is 1. The molecular formula is C26H39N5O2. The Balaban J connectivity index is 0.00000149. The quantitative estimate of drug-likeness (QED) is 0.723. The Bertz CT molecular complexity index is 948. The topological polar surface area (TPSA) is 81.3 Å². The molecule has 2 N–H and O–H groups in total. The fraction of sp³-hybridized carbons (Fsp3) is 0.577. The molecule has 0 aliphatic carbocycles. The van der Waals surface area contributed by atoms with Gasteiger partial charge in [0, 0.05) is 49.9 Å². The van der Waals surface area contributed by atoms with Gasteiger partial charge in [0.2, 0.25) is 0 Å². The van der Waals surface area contributed by atoms with Crippen LogP contribution in [-0.4, -0.2) is 60.0 Å². The number of hydrogen-bond acceptors (Lipinski definition) is 5. The zero-order chi connectivity index (χ0) is 23.8. The predicted molar refractivity (Wildman–Crippen MR) is 134 cm³/mol. The van der Waals surface area contributed by atoms with Crippen molar-refractivity contribution >= 4 is 11.6 Å². The Labute approximate surface area is 197 Å². The number of aryl methyl sites for hydroxylation is 1. The van der Waals surface area contributed by atoms with E-state index in [-0.39, 0.29) is 11.5 Å². The fourth-order valence-corrected chi connectivity index (χ4v) is 4.95. The number of piperidine rings is 2. The number of aromatic nitrogens is 2. The second kappa shape index (κ2) is 12.0. The zero-order valence-corrected chi connectivity index (χ0v) is 20.6. The number of pyridine rings is 2. The summed E-state index contributed by atoms with van der Waals surface area (Å²) in [6.07, 6.45) is 7.13. The lowest BCUT2D eigenvalue weighted by molar-refractivity contribution is 0.0958. The van der Waals surface area contributed by atoms with E-state index < -0.39 is 0 Å². The molecule has 180 valence electrons. The van der Waals surface area contributed by atoms with Crippen molar-refractivity contribution in [3.8, 4) is 0 Å². The number of nitrogens with one attached hydrogen (secondary N) is 2. The van der Waals surface area contributed by atoms with Crippen LogP contribution in [0.2, 0.25) is 0 Å². The van der Waals surface area contributed by atoms with Gasteiger partial charge >= 0.3 is 0 Å². The van der Waals surface area contributed by atoms with Crippen molar-refractivity contribution in [2.24, 2.45) is 0 Å². The number of nitrogens with zero attached hydrogens (tertiary/aromatic N) is 3. The van der Waals surface area contributed by atoms with Gasteiger partial charge in [0.05, 0.1) is 11.9 Å². The van der Waals surface area contributed by atoms with E-state index in [0.717, 1.165) is 68.8 Å². The van der Waals surface area contributed by atoms with Crippen LogP contribution in [-0.2, 0) is 6.42 Å². The van der Waals surface area contributed by atoms with Gasteiger partial charge in [0.25, 0.3) is 11.5 Å². The monoisotopic (exact) mass is 453 g/mol. The standard InChI is InChI=1S/C24H33N5O2.C2H6/c1-3-17-6-8-21(27-23(17)30)18-5-4-12-29(16-18)19-10-13-28(14-11-19)20-7-9-22(26-15-20)24(31)25-2;1-2/h6-9,15,18-19H,3-5,10-14,16H2,1-2H3,(H,25,31)(H,27,30);1-2H3. The molecule has 2 fully saturated rings. The Hall–Kier alpha value is -2.67. The number of anilines is 1. The fourth-order valence-electron chi connectivity index (χ4n) is 4.95. The SMILES string of the molecule is CC.CCc1ccc(C2CCCN(C3CCN(c4ccc(C(=O)NC)nc4)CC3)C2)[nH]c1=O. The molecule has 2 aliphatic heterocycles. The first-order chi connectivity index (χ1) is 16.1. The summed E-state index contributed by atoms with van der Waals surface area (Å²) >= 11 is 0. The lowest BCUT2D eigenvalue weighted by atomic mass is 9.91. The third-order valence-electron chi connectivity index (χ3n) is 6.84. The minimum atomic E-state index is -0.157. The smallest absolute Gasteiger partial charge is 0.269 e. The molecule has 2 aliphatic rings. The summed E-state index contributed by atoms with van der Waals surface area (Å²) < 4.78 is 0. The van der Waals surface area contributed by atoms with Crippen LogP contribution < -0.4 is 15.8 Å². The minimum absolute atomic E-state index is 0.0708. The number of carbonyl (C=O) groups is 1. The highest BCUT2D eigenvalue weighted by atomic mass is 16.1. The van der Waals surface area contributed by atoms with Crippen LogP contribution in [0.1, 0.15) is 74.1 Å². The summed E-state index contributed by atoms with van der Waals surface area (Å²) in [6, 6.07) is 8.48. The van der Waals surface area contributed by atoms with Crippen molar-refractivity contribution in [1.29, 1.82) is 0 Å². The first-order valence-electron chi connectivity index (χ1n) is 12.5. The van der Waals surface area contributed by atoms with Crippen LogP contribution in [0.4, 0.5) is 5.69 Å². The van der Waals surface area contributed by atoms with Crippen molar-refractivity contribution in [1.82, 2.24) is 20.2 Å². The van der Waals surface area contributed by atoms with Crippen LogP contribution in [0.25, 0.3) is 0 Å². The number of H-pyrrole nitrogens is 1. The van der Waals surface area contributed by atoms with Crippen molar-refractivity contribution in [3.63, 3.8) is 0 Å². The Morgan fingerprint density at radius 3 is 2.48 bits per heavy atom. The maximum atomic E-state index is 12.2. The zero-order valence-electron chi connectivity index (χ0n) is 20.6. The predicted octanol–water partition coefficient (Wildman–Crippen LogP) is 3.57. The van der Waals surface area contributed by atoms with Gasteiger partial charge in [-0.25, -0.2) is 4.98 Å². The minimum Gasteiger partial charge on any atom is -0.370 e. The second-order valence-corrected chi connectivity index (χ2v) is 8.65. The Morgan fingerprint density at radius 1 is 1.12 bits per heavy atom. The van der Waals surface area contributed by atoms with Crippen LogP contribution in [0.5, 0.6) is 0 Å². The number of carbonyl (C=O) groups excluding carboxylic acids is 1. The van der Waals surface area contributed by atoms with E-state index in [1.54, 1.807) is 19.3 Å². The maximum absolute atomic E-state index is 12.2. The third kappa shape index (κ3) is 6.02. The molecule has 33 heavy (non-hydrogen) atoms. The third-order valence-corrected chi connectivity index (χ3v) is 6.84. The highest BCUT2D eigenvalue weighted by molar-refractivity contribution is 5.92. The summed E-state index contributed by atoms with van der Waals surface area (Å²) in [4.78, 5) is 36.4. The molecule has 1 atom stereocenters. The van der Waals surface area contributed by atoms with Crippen molar-refractivity contribution in [2.75, 3.05) is 38.1 Å². The molecule has 1 amide bonds. The van der Waals surface area contributed by atoms with Gasteiger partial charge in [-0.2, -0.15) is 0 Å². The van der Waals surface area contributed by atoms with E-state index in [0.29, 0.717) is 17.7 Å². The lowest BCUT2D eigenvalue weighted by Gasteiger charge is -2.42. The molecule has 0 aromatic carbocycles. The first-order valence-corrected chi connectivity index (χ1v) is 12.5. The molecule has 0 bridgehead atoms. The van der Waals surface area contributed by atoms with Crippen LogP contribution in [0.15, 0.2) is 35.3 Å². The summed E-state index contributed by atoms with van der Waals surface area (Å²) in [5, 5.41) is 2.61. The van der Waals surface area contributed by atoms with E-state index in [9.17, 15) is 9.59 Å². The van der Waals surface area contributed by atoms with Crippen LogP contribution in [0.3, 0.4) is 0 Å². The van der Waals surface area contributed by atoms with Gasteiger partial charge in [0.1, 0.15) is 5.69 Å². The van der Waals surface area contributed by atoms with E-state index in [1.807, 2.05) is 32.9 Å². The number of amides is 1. The number of hydrogen-bond donors (Lipinski definition) is 2. The molecule has 0 radical (unpaired) electrons. The molecule has 4 rings (SSSR count). The van der Waals surface area contributed by atoms with Crippen LogP contribution in [0, 0.1) is 0 Å². The van der Waals surface area contributed by atoms with Crippen LogP contribution >= 0.6 is 0 Å². The summed E-state index contributed by atoms with van der Waals surface area (Å²) in [5.41, 5.74) is 3.55. The summed E-state index contributed by atoms with van der Waals surface area (Å²) in [6.45, 7) is 10.2. The summed E-state index contributed by atoms with van der Waals surface area (Å²) in [5.74, 6) is 0.252. The van der Waals surface area contributed by atoms with Gasteiger partial charge in [-0.1, -0.05) is 26.8 Å². The van der Waals surface area contributed by atoms with Crippen molar-refractivity contribution in [2.45, 2.75) is 64.8 Å². The van der Waals surface area contributed by atoms with Gasteiger partial charge in [-0.15, -0.1) is 0 Å². The molecule has 4 heterocycles. The summed E-state index contributed by atoms with van der Waals surface area (Å²) in [7, 11) is 1.62. The number of rotatable bonds is 5. The van der Waals surface area contributed by atoms with Gasteiger partial charge in [-0.3, -0.25) is 14.5 Å². The molecule has 2 aromatic rings. The molecule has 0 spiro atoms. The Morgan fingerprint density at radius 2 is 1.88 bits per heavy atom. The molecule has 0 saturated carbocycles. The molecular weight excluding hydrogens is 414 g/mol. The highest BCUT2D eigenvalue weighted by Crippen LogP contribution is 2.30.